The van der Waals surface area contributed by atoms with E-state index in [1.807, 2.05) is 6.92 Å². The molecular formula is C15H22N4O2S. The molecule has 22 heavy (non-hydrogen) atoms. The van der Waals surface area contributed by atoms with Gasteiger partial charge in [0.15, 0.2) is 0 Å². The van der Waals surface area contributed by atoms with E-state index in [-0.39, 0.29) is 30.4 Å². The van der Waals surface area contributed by atoms with E-state index in [1.54, 1.807) is 35.2 Å². The molecule has 6 nitrogen and oxygen atoms in total. The van der Waals surface area contributed by atoms with Crippen LogP contribution in [0.4, 0.5) is 0 Å². The van der Waals surface area contributed by atoms with Crippen LogP contribution in [0.3, 0.4) is 0 Å². The topological polar surface area (TPSA) is 56.8 Å². The minimum Gasteiger partial charge on any atom is -0.347 e. The summed E-state index contributed by atoms with van der Waals surface area (Å²) in [5.41, 5.74) is 1.08. The Hall–Kier alpha value is -1.47. The molecule has 2 fully saturated rings. The molecule has 3 heterocycles. The fraction of sp³-hybridized carbons (Fsp3) is 0.667. The molecule has 0 radical (unpaired) electrons. The second kappa shape index (κ2) is 5.96. The first-order valence-corrected chi connectivity index (χ1v) is 8.48. The number of rotatable bonds is 4. The van der Waals surface area contributed by atoms with E-state index >= 15 is 0 Å². The van der Waals surface area contributed by atoms with E-state index in [4.69, 9.17) is 0 Å². The maximum atomic E-state index is 12.3. The van der Waals surface area contributed by atoms with Crippen molar-refractivity contribution in [1.82, 2.24) is 19.7 Å². The zero-order valence-corrected chi connectivity index (χ0v) is 14.1. The van der Waals surface area contributed by atoms with E-state index < -0.39 is 0 Å². The van der Waals surface area contributed by atoms with Gasteiger partial charge in [-0.05, 0) is 13.3 Å². The summed E-state index contributed by atoms with van der Waals surface area (Å²) in [4.78, 5) is 34.4. The molecule has 2 aliphatic heterocycles. The molecule has 3 rings (SSSR count). The molecule has 0 aromatic carbocycles. The summed E-state index contributed by atoms with van der Waals surface area (Å²) in [6, 6.07) is 0.403. The first kappa shape index (κ1) is 15.4. The summed E-state index contributed by atoms with van der Waals surface area (Å²) in [5.74, 6) is 0.0898. The summed E-state index contributed by atoms with van der Waals surface area (Å²) < 4.78 is 0. The minimum absolute atomic E-state index is 0.0115. The van der Waals surface area contributed by atoms with Gasteiger partial charge in [-0.15, -0.1) is 11.3 Å². The number of likely N-dealkylation sites (N-methyl/N-ethyl adjacent to an activating group) is 1. The lowest BCUT2D eigenvalue weighted by Crippen LogP contribution is -2.43. The van der Waals surface area contributed by atoms with Crippen LogP contribution in [0, 0.1) is 6.92 Å². The van der Waals surface area contributed by atoms with Gasteiger partial charge in [-0.25, -0.2) is 4.98 Å². The molecule has 0 N–H and O–H groups in total. The van der Waals surface area contributed by atoms with Crippen LogP contribution in [0.15, 0.2) is 5.38 Å². The Morgan fingerprint density at radius 3 is 2.86 bits per heavy atom. The zero-order chi connectivity index (χ0) is 15.9. The average Bonchev–Trinajstić information content (AvgIpc) is 3.11. The largest absolute Gasteiger partial charge is 0.347 e. The molecule has 0 bridgehead atoms. The second-order valence-electron chi connectivity index (χ2n) is 6.27. The average molecular weight is 322 g/mol. The lowest BCUT2D eigenvalue weighted by Gasteiger charge is -2.25. The number of carbonyl (C=O) groups is 2. The third-order valence-corrected chi connectivity index (χ3v) is 5.39. The van der Waals surface area contributed by atoms with Crippen LogP contribution in [-0.2, 0) is 16.1 Å². The van der Waals surface area contributed by atoms with E-state index in [9.17, 15) is 9.59 Å². The van der Waals surface area contributed by atoms with E-state index in [1.165, 1.54) is 0 Å². The predicted octanol–water partition coefficient (Wildman–Crippen LogP) is 0.715. The number of nitrogens with zero attached hydrogens (tertiary/aromatic N) is 4. The Balaban J connectivity index is 1.67. The molecule has 7 heteroatoms. The van der Waals surface area contributed by atoms with Gasteiger partial charge in [0.2, 0.25) is 11.8 Å². The third kappa shape index (κ3) is 2.87. The monoisotopic (exact) mass is 322 g/mol. The van der Waals surface area contributed by atoms with Crippen molar-refractivity contribution >= 4 is 23.2 Å². The van der Waals surface area contributed by atoms with E-state index in [2.05, 4.69) is 15.3 Å². The summed E-state index contributed by atoms with van der Waals surface area (Å²) >= 11 is 1.66. The molecule has 2 atom stereocenters. The maximum Gasteiger partial charge on any atom is 0.241 e. The Bertz CT molecular complexity index is 586. The second-order valence-corrected chi connectivity index (χ2v) is 7.33. The summed E-state index contributed by atoms with van der Waals surface area (Å²) in [5, 5.41) is 3.17. The van der Waals surface area contributed by atoms with Crippen LogP contribution in [0.5, 0.6) is 0 Å². The van der Waals surface area contributed by atoms with Crippen molar-refractivity contribution in [1.29, 1.82) is 0 Å². The number of fused-ring (bicyclic) bond motifs is 1. The van der Waals surface area contributed by atoms with Crippen LogP contribution in [0.1, 0.15) is 23.5 Å². The SMILES string of the molecule is Cc1nc(CN2CC[C@@H]3[C@@H]2CC(=O)N3CC(=O)N(C)C)cs1. The van der Waals surface area contributed by atoms with Gasteiger partial charge in [-0.1, -0.05) is 0 Å². The lowest BCUT2D eigenvalue weighted by molar-refractivity contribution is -0.138. The van der Waals surface area contributed by atoms with Crippen molar-refractivity contribution < 1.29 is 9.59 Å². The van der Waals surface area contributed by atoms with Crippen LogP contribution in [-0.4, -0.2) is 70.8 Å². The molecule has 2 saturated heterocycles. The first-order chi connectivity index (χ1) is 10.5. The van der Waals surface area contributed by atoms with Gasteiger partial charge in [-0.2, -0.15) is 0 Å². The predicted molar refractivity (Wildman–Crippen MR) is 84.5 cm³/mol. The fourth-order valence-electron chi connectivity index (χ4n) is 3.39. The molecule has 0 aliphatic carbocycles. The minimum atomic E-state index is -0.0115. The number of likely N-dealkylation sites (tertiary alicyclic amines) is 2. The van der Waals surface area contributed by atoms with Gasteiger partial charge in [-0.3, -0.25) is 14.5 Å². The van der Waals surface area contributed by atoms with Crippen molar-refractivity contribution in [2.24, 2.45) is 0 Å². The Labute approximate surface area is 134 Å². The molecule has 1 aromatic rings. The Morgan fingerprint density at radius 2 is 2.23 bits per heavy atom. The number of amides is 2. The van der Waals surface area contributed by atoms with Gasteiger partial charge in [0.05, 0.1) is 10.7 Å². The van der Waals surface area contributed by atoms with Gasteiger partial charge < -0.3 is 9.80 Å². The number of thiazole rings is 1. The molecular weight excluding hydrogens is 300 g/mol. The standard InChI is InChI=1S/C15H22N4O2S/c1-10-16-11(9-22-10)7-18-5-4-12-13(18)6-14(20)19(12)8-15(21)17(2)3/h9,12-13H,4-8H2,1-3H3/t12-,13+/m1/s1. The highest BCUT2D eigenvalue weighted by atomic mass is 32.1. The van der Waals surface area contributed by atoms with Crippen LogP contribution < -0.4 is 0 Å². The van der Waals surface area contributed by atoms with Crippen molar-refractivity contribution in [3.05, 3.63) is 16.1 Å². The van der Waals surface area contributed by atoms with Crippen molar-refractivity contribution in [3.8, 4) is 0 Å². The van der Waals surface area contributed by atoms with Crippen molar-refractivity contribution in [2.45, 2.75) is 38.4 Å². The normalized spacial score (nSPS) is 24.9. The zero-order valence-electron chi connectivity index (χ0n) is 13.3. The molecule has 0 unspecified atom stereocenters. The van der Waals surface area contributed by atoms with Crippen LogP contribution >= 0.6 is 11.3 Å². The van der Waals surface area contributed by atoms with Gasteiger partial charge in [0.25, 0.3) is 0 Å². The molecule has 1 aromatic heterocycles. The lowest BCUT2D eigenvalue weighted by atomic mass is 10.1. The molecule has 2 amide bonds. The number of aromatic nitrogens is 1. The number of hydrogen-bond donors (Lipinski definition) is 0. The highest BCUT2D eigenvalue weighted by Crippen LogP contribution is 2.33. The summed E-state index contributed by atoms with van der Waals surface area (Å²) in [6.45, 7) is 3.98. The van der Waals surface area contributed by atoms with Crippen molar-refractivity contribution in [3.63, 3.8) is 0 Å². The Morgan fingerprint density at radius 1 is 1.45 bits per heavy atom. The number of aryl methyl sites for hydroxylation is 1. The summed E-state index contributed by atoms with van der Waals surface area (Å²) in [6.07, 6.45) is 1.47. The Kier molecular flexibility index (Phi) is 4.18. The summed E-state index contributed by atoms with van der Waals surface area (Å²) in [7, 11) is 3.46. The maximum absolute atomic E-state index is 12.3. The quantitative estimate of drug-likeness (QED) is 0.819. The van der Waals surface area contributed by atoms with E-state index in [0.717, 1.165) is 30.2 Å². The highest BCUT2D eigenvalue weighted by molar-refractivity contribution is 7.09. The molecule has 120 valence electrons. The first-order valence-electron chi connectivity index (χ1n) is 7.60. The van der Waals surface area contributed by atoms with Crippen LogP contribution in [0.25, 0.3) is 0 Å². The highest BCUT2D eigenvalue weighted by Gasteiger charge is 2.47. The van der Waals surface area contributed by atoms with E-state index in [0.29, 0.717) is 6.42 Å². The van der Waals surface area contributed by atoms with Crippen molar-refractivity contribution in [2.75, 3.05) is 27.2 Å². The molecule has 0 spiro atoms. The molecule has 2 aliphatic rings. The van der Waals surface area contributed by atoms with Gasteiger partial charge >= 0.3 is 0 Å². The number of carbonyl (C=O) groups excluding carboxylic acids is 2. The number of hydrogen-bond acceptors (Lipinski definition) is 5. The smallest absolute Gasteiger partial charge is 0.241 e. The fourth-order valence-corrected chi connectivity index (χ4v) is 3.99. The van der Waals surface area contributed by atoms with Crippen LogP contribution in [0.2, 0.25) is 0 Å². The molecule has 0 saturated carbocycles. The van der Waals surface area contributed by atoms with Gasteiger partial charge in [0.1, 0.15) is 6.54 Å². The third-order valence-electron chi connectivity index (χ3n) is 4.57. The van der Waals surface area contributed by atoms with Gasteiger partial charge in [0, 0.05) is 51.1 Å².